The predicted octanol–water partition coefficient (Wildman–Crippen LogP) is 2.17. The molecule has 0 aromatic heterocycles. The zero-order chi connectivity index (χ0) is 18.1. The van der Waals surface area contributed by atoms with Gasteiger partial charge in [0.25, 0.3) is 0 Å². The third-order valence-electron chi connectivity index (χ3n) is 3.91. The van der Waals surface area contributed by atoms with Gasteiger partial charge in [0.2, 0.25) is 0 Å². The highest BCUT2D eigenvalue weighted by Crippen LogP contribution is 2.18. The zero-order valence-electron chi connectivity index (χ0n) is 14.7. The molecule has 1 aliphatic rings. The highest BCUT2D eigenvalue weighted by Gasteiger charge is 2.32. The lowest BCUT2D eigenvalue weighted by Gasteiger charge is -2.32. The largest absolute Gasteiger partial charge is 0.465 e. The van der Waals surface area contributed by atoms with Crippen LogP contribution in [0.5, 0.6) is 0 Å². The van der Waals surface area contributed by atoms with Crippen LogP contribution in [0.2, 0.25) is 0 Å². The van der Waals surface area contributed by atoms with E-state index in [-0.39, 0.29) is 12.6 Å². The summed E-state index contributed by atoms with van der Waals surface area (Å²) in [4.78, 5) is 25.9. The van der Waals surface area contributed by atoms with Crippen molar-refractivity contribution in [2.24, 2.45) is 11.0 Å². The number of esters is 1. The third-order valence-corrected chi connectivity index (χ3v) is 3.91. The van der Waals surface area contributed by atoms with E-state index in [0.29, 0.717) is 25.3 Å². The number of ether oxygens (including phenoxy) is 2. The molecule has 0 radical (unpaired) electrons. The molecule has 1 amide bonds. The van der Waals surface area contributed by atoms with Crippen molar-refractivity contribution in [3.63, 3.8) is 0 Å². The van der Waals surface area contributed by atoms with Crippen LogP contribution in [0.4, 0.5) is 4.79 Å². The van der Waals surface area contributed by atoms with Gasteiger partial charge in [-0.25, -0.2) is 10.2 Å². The van der Waals surface area contributed by atoms with Gasteiger partial charge >= 0.3 is 12.1 Å². The molecule has 0 spiro atoms. The number of benzene rings is 1. The van der Waals surface area contributed by atoms with Crippen LogP contribution < -0.4 is 5.43 Å². The maximum Gasteiger partial charge on any atom is 0.427 e. The number of amides is 1. The summed E-state index contributed by atoms with van der Waals surface area (Å²) in [5.41, 5.74) is 4.16. The number of hydrogen-bond donors (Lipinski definition) is 1. The van der Waals surface area contributed by atoms with Crippen LogP contribution in [0.3, 0.4) is 0 Å². The second-order valence-electron chi connectivity index (χ2n) is 5.71. The third kappa shape index (κ3) is 5.86. The fourth-order valence-electron chi connectivity index (χ4n) is 2.76. The first-order valence-electron chi connectivity index (χ1n) is 8.56. The summed E-state index contributed by atoms with van der Waals surface area (Å²) in [6, 6.07) is 10.1. The number of rotatable bonds is 6. The van der Waals surface area contributed by atoms with E-state index < -0.39 is 12.0 Å². The van der Waals surface area contributed by atoms with Gasteiger partial charge in [-0.1, -0.05) is 30.3 Å². The van der Waals surface area contributed by atoms with Crippen LogP contribution >= 0.6 is 0 Å². The molecule has 25 heavy (non-hydrogen) atoms. The molecule has 1 unspecified atom stereocenters. The first-order chi connectivity index (χ1) is 12.1. The van der Waals surface area contributed by atoms with Gasteiger partial charge in [-0.2, -0.15) is 5.10 Å². The normalized spacial score (nSPS) is 19.4. The van der Waals surface area contributed by atoms with Gasteiger partial charge in [0.1, 0.15) is 5.92 Å². The van der Waals surface area contributed by atoms with Crippen LogP contribution in [-0.2, 0) is 20.8 Å². The van der Waals surface area contributed by atoms with Crippen LogP contribution in [-0.4, -0.2) is 49.0 Å². The van der Waals surface area contributed by atoms with E-state index in [1.54, 1.807) is 13.8 Å². The monoisotopic (exact) mass is 347 g/mol. The van der Waals surface area contributed by atoms with Crippen LogP contribution in [0, 0.1) is 5.92 Å². The second kappa shape index (κ2) is 9.78. The summed E-state index contributed by atoms with van der Waals surface area (Å²) in [7, 11) is 0. The van der Waals surface area contributed by atoms with Crippen LogP contribution in [0.25, 0.3) is 0 Å². The van der Waals surface area contributed by atoms with Crippen molar-refractivity contribution in [1.82, 2.24) is 10.3 Å². The topological polar surface area (TPSA) is 80.2 Å². The highest BCUT2D eigenvalue weighted by molar-refractivity contribution is 6.03. The number of hydrogen-bond acceptors (Lipinski definition) is 6. The minimum absolute atomic E-state index is 0.267. The Bertz CT molecular complexity index is 604. The highest BCUT2D eigenvalue weighted by atomic mass is 16.6. The number of nitrogens with zero attached hydrogens (tertiary/aromatic N) is 2. The molecule has 1 atom stereocenters. The smallest absolute Gasteiger partial charge is 0.427 e. The minimum atomic E-state index is -0.621. The van der Waals surface area contributed by atoms with Crippen molar-refractivity contribution in [3.05, 3.63) is 35.9 Å². The van der Waals surface area contributed by atoms with Gasteiger partial charge < -0.3 is 9.47 Å². The molecule has 136 valence electrons. The summed E-state index contributed by atoms with van der Waals surface area (Å²) >= 11 is 0. The van der Waals surface area contributed by atoms with Crippen LogP contribution in [0.1, 0.15) is 25.8 Å². The Kier molecular flexibility index (Phi) is 7.40. The molecule has 0 bridgehead atoms. The van der Waals surface area contributed by atoms with Gasteiger partial charge in [0.15, 0.2) is 0 Å². The number of hydrazone groups is 1. The van der Waals surface area contributed by atoms with Crippen molar-refractivity contribution in [1.29, 1.82) is 0 Å². The van der Waals surface area contributed by atoms with Crippen molar-refractivity contribution in [2.75, 3.05) is 26.3 Å². The second-order valence-corrected chi connectivity index (χ2v) is 5.71. The number of piperidine rings is 1. The molecule has 1 aromatic carbocycles. The lowest BCUT2D eigenvalue weighted by molar-refractivity contribution is -0.146. The SMILES string of the molecule is CCOC(=O)N/N=C1\CCN(Cc2ccccc2)CC1C(=O)OCC. The van der Waals surface area contributed by atoms with Crippen molar-refractivity contribution in [2.45, 2.75) is 26.8 Å². The molecule has 2 rings (SSSR count). The Balaban J connectivity index is 2.04. The summed E-state index contributed by atoms with van der Waals surface area (Å²) in [5, 5.41) is 4.09. The predicted molar refractivity (Wildman–Crippen MR) is 94.1 cm³/mol. The van der Waals surface area contributed by atoms with Gasteiger partial charge in [-0.15, -0.1) is 0 Å². The lowest BCUT2D eigenvalue weighted by Crippen LogP contribution is -2.45. The van der Waals surface area contributed by atoms with E-state index >= 15 is 0 Å². The van der Waals surface area contributed by atoms with Gasteiger partial charge in [-0.05, 0) is 19.4 Å². The Morgan fingerprint density at radius 2 is 1.92 bits per heavy atom. The van der Waals surface area contributed by atoms with E-state index in [2.05, 4.69) is 27.6 Å². The zero-order valence-corrected chi connectivity index (χ0v) is 14.7. The molecule has 1 aromatic rings. The first-order valence-corrected chi connectivity index (χ1v) is 8.56. The van der Waals surface area contributed by atoms with Crippen molar-refractivity contribution < 1.29 is 19.1 Å². The van der Waals surface area contributed by atoms with Gasteiger partial charge in [-0.3, -0.25) is 9.69 Å². The molecule has 1 aliphatic heterocycles. The van der Waals surface area contributed by atoms with Crippen molar-refractivity contribution in [3.8, 4) is 0 Å². The van der Waals surface area contributed by atoms with Gasteiger partial charge in [0.05, 0.1) is 18.9 Å². The number of likely N-dealkylation sites (tertiary alicyclic amines) is 1. The molecule has 7 nitrogen and oxygen atoms in total. The molecule has 0 saturated carbocycles. The van der Waals surface area contributed by atoms with E-state index in [1.165, 1.54) is 5.56 Å². The summed E-state index contributed by atoms with van der Waals surface area (Å²) < 4.78 is 9.97. The Hall–Kier alpha value is -2.41. The molecule has 0 aliphatic carbocycles. The summed E-state index contributed by atoms with van der Waals surface area (Å²) in [5.74, 6) is -0.802. The fraction of sp³-hybridized carbons (Fsp3) is 0.500. The molecular weight excluding hydrogens is 322 g/mol. The van der Waals surface area contributed by atoms with Crippen molar-refractivity contribution >= 4 is 17.8 Å². The molecule has 7 heteroatoms. The average molecular weight is 347 g/mol. The Morgan fingerprint density at radius 1 is 1.20 bits per heavy atom. The van der Waals surface area contributed by atoms with E-state index in [0.717, 1.165) is 13.1 Å². The quantitative estimate of drug-likeness (QED) is 0.630. The summed E-state index contributed by atoms with van der Waals surface area (Å²) in [6.07, 6.45) is -0.0350. The van der Waals surface area contributed by atoms with E-state index in [4.69, 9.17) is 9.47 Å². The molecule has 1 N–H and O–H groups in total. The maximum absolute atomic E-state index is 12.3. The fourth-order valence-corrected chi connectivity index (χ4v) is 2.76. The van der Waals surface area contributed by atoms with Gasteiger partial charge in [0, 0.05) is 26.1 Å². The van der Waals surface area contributed by atoms with E-state index in [1.807, 2.05) is 18.2 Å². The Morgan fingerprint density at radius 3 is 2.60 bits per heavy atom. The lowest BCUT2D eigenvalue weighted by atomic mass is 9.95. The maximum atomic E-state index is 12.3. The Labute approximate surface area is 148 Å². The van der Waals surface area contributed by atoms with E-state index in [9.17, 15) is 9.59 Å². The average Bonchev–Trinajstić information content (AvgIpc) is 2.62. The number of carbonyl (C=O) groups is 2. The minimum Gasteiger partial charge on any atom is -0.465 e. The molecule has 1 fully saturated rings. The number of carbonyl (C=O) groups excluding carboxylic acids is 2. The standard InChI is InChI=1S/C18H25N3O4/c1-3-24-17(22)15-13-21(12-14-8-6-5-7-9-14)11-10-16(15)19-20-18(23)25-4-2/h5-9,15H,3-4,10-13H2,1-2H3,(H,20,23)/b19-16+. The molecule has 1 heterocycles. The molecule has 1 saturated heterocycles. The molecular formula is C18H25N3O4. The number of nitrogens with one attached hydrogen (secondary N) is 1. The van der Waals surface area contributed by atoms with Crippen LogP contribution in [0.15, 0.2) is 35.4 Å². The summed E-state index contributed by atoms with van der Waals surface area (Å²) in [6.45, 7) is 6.10. The first kappa shape index (κ1) is 18.9.